The van der Waals surface area contributed by atoms with Crippen LogP contribution in [-0.2, 0) is 4.79 Å². The fourth-order valence-corrected chi connectivity index (χ4v) is 1.53. The standard InChI is InChI=1S/C11H15N5O2/c1-7(2)10-9(4-14-18-10)15-11(17)8(3)16-6-12-5-13-16/h4-8H,1-3H3,(H,15,17). The van der Waals surface area contributed by atoms with E-state index in [0.29, 0.717) is 11.4 Å². The molecule has 0 bridgehead atoms. The number of nitrogens with zero attached hydrogens (tertiary/aromatic N) is 4. The maximum Gasteiger partial charge on any atom is 0.249 e. The molecule has 0 aromatic carbocycles. The van der Waals surface area contributed by atoms with Crippen molar-refractivity contribution in [2.24, 2.45) is 0 Å². The highest BCUT2D eigenvalue weighted by Crippen LogP contribution is 2.24. The molecule has 1 amide bonds. The van der Waals surface area contributed by atoms with E-state index in [1.165, 1.54) is 23.5 Å². The van der Waals surface area contributed by atoms with Crippen LogP contribution in [0.1, 0.15) is 38.5 Å². The lowest BCUT2D eigenvalue weighted by Crippen LogP contribution is -2.24. The number of carbonyl (C=O) groups excluding carboxylic acids is 1. The van der Waals surface area contributed by atoms with Crippen molar-refractivity contribution in [2.45, 2.75) is 32.7 Å². The predicted molar refractivity (Wildman–Crippen MR) is 64.0 cm³/mol. The van der Waals surface area contributed by atoms with Gasteiger partial charge in [0.2, 0.25) is 5.91 Å². The second-order valence-corrected chi connectivity index (χ2v) is 4.30. The fraction of sp³-hybridized carbons (Fsp3) is 0.455. The highest BCUT2D eigenvalue weighted by atomic mass is 16.5. The summed E-state index contributed by atoms with van der Waals surface area (Å²) in [6, 6.07) is -0.442. The Balaban J connectivity index is 2.09. The van der Waals surface area contributed by atoms with Crippen LogP contribution < -0.4 is 5.32 Å². The highest BCUT2D eigenvalue weighted by Gasteiger charge is 2.19. The Bertz CT molecular complexity index is 517. The minimum absolute atomic E-state index is 0.157. The van der Waals surface area contributed by atoms with Gasteiger partial charge in [-0.15, -0.1) is 0 Å². The Labute approximate surface area is 104 Å². The van der Waals surface area contributed by atoms with Crippen LogP contribution in [0, 0.1) is 0 Å². The van der Waals surface area contributed by atoms with E-state index in [2.05, 4.69) is 20.6 Å². The van der Waals surface area contributed by atoms with Crippen LogP contribution >= 0.6 is 0 Å². The van der Waals surface area contributed by atoms with E-state index in [9.17, 15) is 4.79 Å². The zero-order valence-electron chi connectivity index (χ0n) is 10.5. The summed E-state index contributed by atoms with van der Waals surface area (Å²) in [5.41, 5.74) is 0.599. The number of amides is 1. The molecule has 1 unspecified atom stereocenters. The van der Waals surface area contributed by atoms with Crippen LogP contribution in [0.15, 0.2) is 23.4 Å². The van der Waals surface area contributed by atoms with Crippen LogP contribution in [-0.4, -0.2) is 25.8 Å². The Morgan fingerprint density at radius 3 is 2.83 bits per heavy atom. The summed E-state index contributed by atoms with van der Waals surface area (Å²) in [4.78, 5) is 15.8. The lowest BCUT2D eigenvalue weighted by molar-refractivity contribution is -0.119. The number of hydrogen-bond donors (Lipinski definition) is 1. The van der Waals surface area contributed by atoms with Gasteiger partial charge < -0.3 is 9.84 Å². The van der Waals surface area contributed by atoms with Crippen molar-refractivity contribution < 1.29 is 9.32 Å². The molecule has 7 nitrogen and oxygen atoms in total. The molecule has 2 rings (SSSR count). The molecule has 0 fully saturated rings. The lowest BCUT2D eigenvalue weighted by Gasteiger charge is -2.12. The van der Waals surface area contributed by atoms with Gasteiger partial charge in [0.15, 0.2) is 5.76 Å². The second kappa shape index (κ2) is 4.99. The molecule has 0 saturated carbocycles. The van der Waals surface area contributed by atoms with Crippen LogP contribution in [0.2, 0.25) is 0 Å². The van der Waals surface area contributed by atoms with Crippen molar-refractivity contribution in [2.75, 3.05) is 5.32 Å². The van der Waals surface area contributed by atoms with Crippen LogP contribution in [0.25, 0.3) is 0 Å². The Hall–Kier alpha value is -2.18. The number of carbonyl (C=O) groups is 1. The summed E-state index contributed by atoms with van der Waals surface area (Å²) >= 11 is 0. The summed E-state index contributed by atoms with van der Waals surface area (Å²) in [7, 11) is 0. The molecule has 0 spiro atoms. The van der Waals surface area contributed by atoms with Crippen molar-refractivity contribution in [1.29, 1.82) is 0 Å². The molecule has 2 aromatic heterocycles. The first-order chi connectivity index (χ1) is 8.59. The van der Waals surface area contributed by atoms with E-state index in [4.69, 9.17) is 4.52 Å². The molecule has 0 saturated heterocycles. The smallest absolute Gasteiger partial charge is 0.249 e. The van der Waals surface area contributed by atoms with E-state index in [1.807, 2.05) is 13.8 Å². The van der Waals surface area contributed by atoms with Crippen LogP contribution in [0.3, 0.4) is 0 Å². The van der Waals surface area contributed by atoms with Gasteiger partial charge >= 0.3 is 0 Å². The molecule has 1 atom stereocenters. The number of aromatic nitrogens is 4. The molecule has 0 aliphatic rings. The number of nitrogens with one attached hydrogen (secondary N) is 1. The van der Waals surface area contributed by atoms with E-state index >= 15 is 0 Å². The Morgan fingerprint density at radius 2 is 2.22 bits per heavy atom. The highest BCUT2D eigenvalue weighted by molar-refractivity contribution is 5.93. The maximum absolute atomic E-state index is 12.0. The first kappa shape index (κ1) is 12.3. The molecule has 0 radical (unpaired) electrons. The quantitative estimate of drug-likeness (QED) is 0.889. The Kier molecular flexibility index (Phi) is 3.40. The first-order valence-corrected chi connectivity index (χ1v) is 5.69. The monoisotopic (exact) mass is 249 g/mol. The third kappa shape index (κ3) is 2.39. The van der Waals surface area contributed by atoms with E-state index in [0.717, 1.165) is 0 Å². The van der Waals surface area contributed by atoms with Gasteiger partial charge in [-0.1, -0.05) is 19.0 Å². The van der Waals surface area contributed by atoms with E-state index < -0.39 is 6.04 Å². The van der Waals surface area contributed by atoms with Gasteiger partial charge in [-0.2, -0.15) is 5.10 Å². The molecule has 18 heavy (non-hydrogen) atoms. The molecule has 1 N–H and O–H groups in total. The molecule has 0 aliphatic carbocycles. The molecule has 96 valence electrons. The molecular formula is C11H15N5O2. The minimum atomic E-state index is -0.442. The van der Waals surface area contributed by atoms with Gasteiger partial charge in [-0.05, 0) is 6.92 Å². The van der Waals surface area contributed by atoms with Crippen molar-refractivity contribution in [3.63, 3.8) is 0 Å². The third-order valence-electron chi connectivity index (χ3n) is 2.59. The maximum atomic E-state index is 12.0. The largest absolute Gasteiger partial charge is 0.359 e. The van der Waals surface area contributed by atoms with Crippen molar-refractivity contribution in [3.8, 4) is 0 Å². The number of rotatable bonds is 4. The molecular weight excluding hydrogens is 234 g/mol. The van der Waals surface area contributed by atoms with Crippen LogP contribution in [0.4, 0.5) is 5.69 Å². The van der Waals surface area contributed by atoms with Crippen LogP contribution in [0.5, 0.6) is 0 Å². The lowest BCUT2D eigenvalue weighted by atomic mass is 10.1. The second-order valence-electron chi connectivity index (χ2n) is 4.30. The van der Waals surface area contributed by atoms with Gasteiger partial charge in [0.05, 0.1) is 6.20 Å². The van der Waals surface area contributed by atoms with Gasteiger partial charge in [-0.3, -0.25) is 4.79 Å². The van der Waals surface area contributed by atoms with Crippen molar-refractivity contribution >= 4 is 11.6 Å². The van der Waals surface area contributed by atoms with Gasteiger partial charge in [0.1, 0.15) is 24.4 Å². The third-order valence-corrected chi connectivity index (χ3v) is 2.59. The summed E-state index contributed by atoms with van der Waals surface area (Å²) < 4.78 is 6.58. The molecule has 0 aliphatic heterocycles. The molecule has 2 heterocycles. The van der Waals surface area contributed by atoms with E-state index in [-0.39, 0.29) is 11.8 Å². The normalized spacial score (nSPS) is 12.7. The summed E-state index contributed by atoms with van der Waals surface area (Å²) in [5, 5.41) is 10.4. The summed E-state index contributed by atoms with van der Waals surface area (Å²) in [6.07, 6.45) is 4.39. The van der Waals surface area contributed by atoms with Gasteiger partial charge in [0, 0.05) is 5.92 Å². The van der Waals surface area contributed by atoms with Crippen molar-refractivity contribution in [3.05, 3.63) is 24.6 Å². The SMILES string of the molecule is CC(C)c1oncc1NC(=O)C(C)n1cncn1. The zero-order valence-corrected chi connectivity index (χ0v) is 10.5. The molecule has 7 heteroatoms. The molecule has 2 aromatic rings. The van der Waals surface area contributed by atoms with Crippen molar-refractivity contribution in [1.82, 2.24) is 19.9 Å². The Morgan fingerprint density at radius 1 is 1.44 bits per heavy atom. The van der Waals surface area contributed by atoms with Gasteiger partial charge in [-0.25, -0.2) is 9.67 Å². The topological polar surface area (TPSA) is 85.8 Å². The summed E-state index contributed by atoms with van der Waals surface area (Å²) in [5.74, 6) is 0.629. The number of anilines is 1. The minimum Gasteiger partial charge on any atom is -0.359 e. The first-order valence-electron chi connectivity index (χ1n) is 5.69. The summed E-state index contributed by atoms with van der Waals surface area (Å²) in [6.45, 7) is 5.68. The zero-order chi connectivity index (χ0) is 13.1. The average molecular weight is 249 g/mol. The van der Waals surface area contributed by atoms with E-state index in [1.54, 1.807) is 6.92 Å². The van der Waals surface area contributed by atoms with Gasteiger partial charge in [0.25, 0.3) is 0 Å². The number of hydrogen-bond acceptors (Lipinski definition) is 5. The average Bonchev–Trinajstić information content (AvgIpc) is 2.98. The predicted octanol–water partition coefficient (Wildman–Crippen LogP) is 1.59. The fourth-order valence-electron chi connectivity index (χ4n) is 1.53.